The Kier molecular flexibility index (Phi) is 7.50. The lowest BCUT2D eigenvalue weighted by Crippen LogP contribution is -2.43. The quantitative estimate of drug-likeness (QED) is 0.636. The zero-order valence-corrected chi connectivity index (χ0v) is 13.7. The van der Waals surface area contributed by atoms with Crippen LogP contribution in [0.15, 0.2) is 30.3 Å². The van der Waals surface area contributed by atoms with Crippen LogP contribution in [-0.2, 0) is 26.2 Å². The van der Waals surface area contributed by atoms with Crippen molar-refractivity contribution in [3.05, 3.63) is 35.9 Å². The van der Waals surface area contributed by atoms with E-state index in [0.29, 0.717) is 6.61 Å². The fourth-order valence-corrected chi connectivity index (χ4v) is 2.96. The lowest BCUT2D eigenvalue weighted by atomic mass is 10.1. The molecule has 0 bridgehead atoms. The summed E-state index contributed by atoms with van der Waals surface area (Å²) in [6, 6.07) is 8.31. The van der Waals surface area contributed by atoms with Crippen LogP contribution in [0.4, 0.5) is 0 Å². The van der Waals surface area contributed by atoms with Gasteiger partial charge in [-0.25, -0.2) is 13.1 Å². The molecule has 124 valence electrons. The van der Waals surface area contributed by atoms with Gasteiger partial charge in [0.25, 0.3) is 0 Å². The van der Waals surface area contributed by atoms with E-state index in [4.69, 9.17) is 9.84 Å². The van der Waals surface area contributed by atoms with E-state index in [2.05, 4.69) is 4.72 Å². The van der Waals surface area contributed by atoms with Crippen molar-refractivity contribution in [2.45, 2.75) is 32.9 Å². The van der Waals surface area contributed by atoms with E-state index in [1.54, 1.807) is 0 Å². The molecule has 0 saturated carbocycles. The first kappa shape index (κ1) is 18.6. The summed E-state index contributed by atoms with van der Waals surface area (Å²) < 4.78 is 31.3. The number of hydrogen-bond donors (Lipinski definition) is 2. The lowest BCUT2D eigenvalue weighted by Gasteiger charge is -2.16. The van der Waals surface area contributed by atoms with Crippen LogP contribution in [0.5, 0.6) is 0 Å². The zero-order chi connectivity index (χ0) is 16.6. The lowest BCUT2D eigenvalue weighted by molar-refractivity contribution is -0.139. The number of aliphatic carboxylic acids is 1. The number of carboxylic acid groups (broad SMARTS) is 1. The molecular weight excluding hydrogens is 306 g/mol. The number of nitrogens with one attached hydrogen (secondary N) is 1. The third-order valence-corrected chi connectivity index (χ3v) is 4.28. The van der Waals surface area contributed by atoms with Gasteiger partial charge in [0.15, 0.2) is 0 Å². The van der Waals surface area contributed by atoms with E-state index < -0.39 is 22.0 Å². The molecule has 1 aromatic rings. The first-order chi connectivity index (χ1) is 10.3. The monoisotopic (exact) mass is 329 g/mol. The Morgan fingerprint density at radius 2 is 1.91 bits per heavy atom. The van der Waals surface area contributed by atoms with Crippen LogP contribution in [0.3, 0.4) is 0 Å². The molecule has 2 N–H and O–H groups in total. The molecule has 0 aliphatic heterocycles. The summed E-state index contributed by atoms with van der Waals surface area (Å²) in [4.78, 5) is 11.1. The fourth-order valence-electron chi connectivity index (χ4n) is 1.88. The van der Waals surface area contributed by atoms with Crippen molar-refractivity contribution in [3.63, 3.8) is 0 Å². The van der Waals surface area contributed by atoms with E-state index in [9.17, 15) is 13.2 Å². The minimum atomic E-state index is -3.68. The molecule has 1 unspecified atom stereocenters. The molecule has 0 saturated heterocycles. The largest absolute Gasteiger partial charge is 0.480 e. The molecule has 0 amide bonds. The Bertz CT molecular complexity index is 557. The van der Waals surface area contributed by atoms with Gasteiger partial charge < -0.3 is 9.84 Å². The number of carboxylic acids is 1. The van der Waals surface area contributed by atoms with Crippen LogP contribution < -0.4 is 4.72 Å². The predicted octanol–water partition coefficient (Wildman–Crippen LogP) is 1.62. The molecular formula is C15H23NO5S. The standard InChI is InChI=1S/C15H23NO5S/c1-12(2)10-14(15(17)18)16-22(19,20)9-8-21-11-13-6-4-3-5-7-13/h3-7,12,14,16H,8-11H2,1-2H3,(H,17,18). The van der Waals surface area contributed by atoms with Crippen LogP contribution in [-0.4, -0.2) is 37.9 Å². The number of carbonyl (C=O) groups is 1. The van der Waals surface area contributed by atoms with Gasteiger partial charge >= 0.3 is 5.97 Å². The molecule has 0 aliphatic carbocycles. The minimum absolute atomic E-state index is 0.0121. The maximum Gasteiger partial charge on any atom is 0.321 e. The van der Waals surface area contributed by atoms with Crippen LogP contribution in [0.25, 0.3) is 0 Å². The van der Waals surface area contributed by atoms with Crippen molar-refractivity contribution < 1.29 is 23.1 Å². The molecule has 1 aromatic carbocycles. The van der Waals surface area contributed by atoms with Crippen molar-refractivity contribution in [1.82, 2.24) is 4.72 Å². The Labute approximate surface area is 131 Å². The molecule has 6 nitrogen and oxygen atoms in total. The van der Waals surface area contributed by atoms with E-state index in [1.165, 1.54) is 0 Å². The smallest absolute Gasteiger partial charge is 0.321 e. The molecule has 0 radical (unpaired) electrons. The predicted molar refractivity (Wildman–Crippen MR) is 83.9 cm³/mol. The van der Waals surface area contributed by atoms with Gasteiger partial charge in [-0.05, 0) is 17.9 Å². The van der Waals surface area contributed by atoms with Gasteiger partial charge in [-0.3, -0.25) is 4.79 Å². The van der Waals surface area contributed by atoms with Crippen molar-refractivity contribution >= 4 is 16.0 Å². The van der Waals surface area contributed by atoms with Crippen LogP contribution in [0.2, 0.25) is 0 Å². The summed E-state index contributed by atoms with van der Waals surface area (Å²) in [6.45, 7) is 4.02. The van der Waals surface area contributed by atoms with Gasteiger partial charge in [0.2, 0.25) is 10.0 Å². The highest BCUT2D eigenvalue weighted by Gasteiger charge is 2.24. The summed E-state index contributed by atoms with van der Waals surface area (Å²) in [5.74, 6) is -1.34. The van der Waals surface area contributed by atoms with Gasteiger partial charge in [0.1, 0.15) is 6.04 Å². The third kappa shape index (κ3) is 7.53. The summed E-state index contributed by atoms with van der Waals surface area (Å²) in [5, 5.41) is 9.05. The zero-order valence-electron chi connectivity index (χ0n) is 12.9. The Morgan fingerprint density at radius 3 is 2.45 bits per heavy atom. The number of rotatable bonds is 10. The fraction of sp³-hybridized carbons (Fsp3) is 0.533. The first-order valence-electron chi connectivity index (χ1n) is 7.14. The molecule has 22 heavy (non-hydrogen) atoms. The van der Waals surface area contributed by atoms with Gasteiger partial charge in [-0.2, -0.15) is 0 Å². The second kappa shape index (κ2) is 8.87. The average Bonchev–Trinajstić information content (AvgIpc) is 2.43. The van der Waals surface area contributed by atoms with Gasteiger partial charge in [0, 0.05) is 0 Å². The van der Waals surface area contributed by atoms with Crippen LogP contribution in [0.1, 0.15) is 25.8 Å². The first-order valence-corrected chi connectivity index (χ1v) is 8.80. The van der Waals surface area contributed by atoms with E-state index in [0.717, 1.165) is 5.56 Å². The molecule has 1 atom stereocenters. The molecule has 0 spiro atoms. The van der Waals surface area contributed by atoms with Crippen molar-refractivity contribution in [3.8, 4) is 0 Å². The highest BCUT2D eigenvalue weighted by molar-refractivity contribution is 7.89. The van der Waals surface area contributed by atoms with Crippen LogP contribution in [0, 0.1) is 5.92 Å². The molecule has 7 heteroatoms. The number of hydrogen-bond acceptors (Lipinski definition) is 4. The van der Waals surface area contributed by atoms with Gasteiger partial charge in [-0.1, -0.05) is 44.2 Å². The normalized spacial score (nSPS) is 13.2. The Hall–Kier alpha value is -1.44. The average molecular weight is 329 g/mol. The number of sulfonamides is 1. The SMILES string of the molecule is CC(C)CC(NS(=O)(=O)CCOCc1ccccc1)C(=O)O. The molecule has 0 aromatic heterocycles. The highest BCUT2D eigenvalue weighted by Crippen LogP contribution is 2.07. The summed E-state index contributed by atoms with van der Waals surface area (Å²) in [5.41, 5.74) is 0.955. The maximum absolute atomic E-state index is 11.9. The molecule has 1 rings (SSSR count). The topological polar surface area (TPSA) is 92.7 Å². The third-order valence-electron chi connectivity index (χ3n) is 2.93. The van der Waals surface area contributed by atoms with Crippen molar-refractivity contribution in [1.29, 1.82) is 0 Å². The van der Waals surface area contributed by atoms with E-state index in [-0.39, 0.29) is 24.7 Å². The maximum atomic E-state index is 11.9. The van der Waals surface area contributed by atoms with E-state index >= 15 is 0 Å². The van der Waals surface area contributed by atoms with Crippen molar-refractivity contribution in [2.75, 3.05) is 12.4 Å². The second-order valence-electron chi connectivity index (χ2n) is 5.50. The van der Waals surface area contributed by atoms with Crippen molar-refractivity contribution in [2.24, 2.45) is 5.92 Å². The molecule has 0 fully saturated rings. The highest BCUT2D eigenvalue weighted by atomic mass is 32.2. The Morgan fingerprint density at radius 1 is 1.27 bits per heavy atom. The second-order valence-corrected chi connectivity index (χ2v) is 7.37. The Balaban J connectivity index is 2.41. The minimum Gasteiger partial charge on any atom is -0.480 e. The van der Waals surface area contributed by atoms with Gasteiger partial charge in [0.05, 0.1) is 19.0 Å². The molecule has 0 heterocycles. The number of ether oxygens (including phenoxy) is 1. The summed E-state index contributed by atoms with van der Waals surface area (Å²) in [6.07, 6.45) is 0.249. The van der Waals surface area contributed by atoms with Gasteiger partial charge in [-0.15, -0.1) is 0 Å². The summed E-state index contributed by atoms with van der Waals surface area (Å²) in [7, 11) is -3.68. The molecule has 0 aliphatic rings. The summed E-state index contributed by atoms with van der Waals surface area (Å²) >= 11 is 0. The van der Waals surface area contributed by atoms with E-state index in [1.807, 2.05) is 44.2 Å². The number of benzene rings is 1. The van der Waals surface area contributed by atoms with Crippen LogP contribution >= 0.6 is 0 Å².